The summed E-state index contributed by atoms with van der Waals surface area (Å²) in [6.45, 7) is 16.2. The molecule has 15 heteroatoms. The minimum absolute atomic E-state index is 0.0845. The number of rotatable bonds is 17. The van der Waals surface area contributed by atoms with Crippen LogP contribution in [0, 0.1) is 35.5 Å². The summed E-state index contributed by atoms with van der Waals surface area (Å²) in [5.41, 5.74) is -1.24. The van der Waals surface area contributed by atoms with Crippen LogP contribution in [-0.2, 0) is 57.1 Å². The van der Waals surface area contributed by atoms with E-state index in [0.717, 1.165) is 25.7 Å². The number of ether oxygens (including phenoxy) is 8. The van der Waals surface area contributed by atoms with Crippen LogP contribution in [0.1, 0.15) is 132 Å². The molecule has 2 N–H and O–H groups in total. The lowest BCUT2D eigenvalue weighted by Gasteiger charge is -2.49. The minimum Gasteiger partial charge on any atom is -0.469 e. The molecule has 352 valence electrons. The summed E-state index contributed by atoms with van der Waals surface area (Å²) in [6, 6.07) is 0. The predicted octanol–water partition coefficient (Wildman–Crippen LogP) is 5.40. The van der Waals surface area contributed by atoms with Gasteiger partial charge >= 0.3 is 11.9 Å². The maximum absolute atomic E-state index is 12.7. The number of aliphatic hydroxyl groups excluding tert-OH is 1. The zero-order valence-corrected chi connectivity index (χ0v) is 38.8. The molecule has 0 aromatic carbocycles. The molecule has 4 unspecified atom stereocenters. The van der Waals surface area contributed by atoms with Crippen molar-refractivity contribution in [3.8, 4) is 0 Å². The minimum atomic E-state index is -1.67. The number of carbonyl (C=O) groups excluding carboxylic acids is 4. The molecule has 5 saturated heterocycles. The SMILES string of the molecule is CCC1(C2O[C@@H]([C@H]3O[C@@](O)(COC(=O)CCCCCN4C(=O)C=CC4=O)[C@H](C)C[C@@H]3C)C[C@@H]2C)CCC([C@]2(C)CC[C@]3(C[C@H](O)[C@@H](C)[C@@H]([C@@H](C)[C@@H](OC)C(C)C(=O)OC)O3)O2)O1. The topological polar surface area (TPSA) is 186 Å². The first-order chi connectivity index (χ1) is 29.2. The normalized spacial score (nSPS) is 42.4. The lowest BCUT2D eigenvalue weighted by Crippen LogP contribution is -2.57. The van der Waals surface area contributed by atoms with Crippen molar-refractivity contribution in [2.24, 2.45) is 35.5 Å². The van der Waals surface area contributed by atoms with E-state index < -0.39 is 59.1 Å². The Morgan fingerprint density at radius 2 is 1.66 bits per heavy atom. The number of imide groups is 1. The highest BCUT2D eigenvalue weighted by atomic mass is 16.7. The van der Waals surface area contributed by atoms with E-state index in [-0.39, 0.29) is 78.7 Å². The molecule has 6 aliphatic rings. The second-order valence-electron chi connectivity index (χ2n) is 20.0. The van der Waals surface area contributed by atoms with Crippen molar-refractivity contribution < 1.29 is 67.3 Å². The van der Waals surface area contributed by atoms with Crippen LogP contribution in [0.15, 0.2) is 12.2 Å². The molecule has 0 aliphatic carbocycles. The molecule has 0 aromatic heterocycles. The molecule has 2 amide bonds. The molecule has 5 fully saturated rings. The van der Waals surface area contributed by atoms with Gasteiger partial charge in [-0.25, -0.2) is 0 Å². The van der Waals surface area contributed by atoms with Gasteiger partial charge in [-0.2, -0.15) is 0 Å². The van der Waals surface area contributed by atoms with Crippen LogP contribution in [0.4, 0.5) is 0 Å². The van der Waals surface area contributed by atoms with Gasteiger partial charge in [-0.15, -0.1) is 0 Å². The van der Waals surface area contributed by atoms with Crippen molar-refractivity contribution in [3.63, 3.8) is 0 Å². The standard InChI is InChI=1S/C47H75NO14/c1-11-45(19-18-35(59-45)44(8)20-21-46(62-44)25-33(49)30(5)41(60-46)31(6)40(55-9)32(7)43(53)56-10)42-28(3)24-34(58-42)39-27(2)23-29(4)47(54,61-39)26-57-38(52)15-13-12-14-22-48-36(50)16-17-37(48)51/h16-17,27-35,39-42,49,54H,11-15,18-26H2,1-10H3/t27-,28-,29+,30+,31-,32?,33-,34+,35?,39-,40+,41-,42?,44-,45?,46+,47-/m0/s1. The molecule has 6 rings (SSSR count). The van der Waals surface area contributed by atoms with Crippen LogP contribution in [0.2, 0.25) is 0 Å². The Kier molecular flexibility index (Phi) is 15.4. The van der Waals surface area contributed by atoms with Gasteiger partial charge in [-0.05, 0) is 77.0 Å². The van der Waals surface area contributed by atoms with Gasteiger partial charge in [0.1, 0.15) is 6.61 Å². The first kappa shape index (κ1) is 48.9. The van der Waals surface area contributed by atoms with Crippen molar-refractivity contribution in [1.29, 1.82) is 0 Å². The molecule has 17 atom stereocenters. The average molecular weight is 878 g/mol. The van der Waals surface area contributed by atoms with Gasteiger partial charge in [0.25, 0.3) is 11.8 Å². The lowest BCUT2D eigenvalue weighted by molar-refractivity contribution is -0.336. The molecule has 62 heavy (non-hydrogen) atoms. The highest BCUT2D eigenvalue weighted by Crippen LogP contribution is 2.55. The zero-order chi connectivity index (χ0) is 45.4. The fraction of sp³-hybridized carbons (Fsp3) is 0.872. The molecule has 15 nitrogen and oxygen atoms in total. The monoisotopic (exact) mass is 878 g/mol. The number of hydrogen-bond acceptors (Lipinski definition) is 14. The highest BCUT2D eigenvalue weighted by molar-refractivity contribution is 6.12. The van der Waals surface area contributed by atoms with Crippen molar-refractivity contribution in [1.82, 2.24) is 4.90 Å². The summed E-state index contributed by atoms with van der Waals surface area (Å²) in [5.74, 6) is -5.13. The molecule has 1 spiro atoms. The first-order valence-electron chi connectivity index (χ1n) is 23.3. The third kappa shape index (κ3) is 9.85. The number of hydrogen-bond donors (Lipinski definition) is 2. The van der Waals surface area contributed by atoms with Crippen LogP contribution >= 0.6 is 0 Å². The van der Waals surface area contributed by atoms with E-state index in [0.29, 0.717) is 51.5 Å². The van der Waals surface area contributed by atoms with E-state index in [1.165, 1.54) is 24.2 Å². The molecule has 0 saturated carbocycles. The van der Waals surface area contributed by atoms with Gasteiger partial charge in [0, 0.05) is 62.8 Å². The second-order valence-corrected chi connectivity index (χ2v) is 20.0. The van der Waals surface area contributed by atoms with E-state index in [2.05, 4.69) is 27.7 Å². The van der Waals surface area contributed by atoms with Gasteiger partial charge < -0.3 is 48.1 Å². The number of methoxy groups -OCH3 is 2. The number of esters is 2. The Balaban J connectivity index is 1.04. The van der Waals surface area contributed by atoms with Crippen LogP contribution in [0.25, 0.3) is 0 Å². The summed E-state index contributed by atoms with van der Waals surface area (Å²) in [5, 5.41) is 23.2. The molecule has 6 aliphatic heterocycles. The van der Waals surface area contributed by atoms with E-state index in [4.69, 9.17) is 37.9 Å². The number of unbranched alkanes of at least 4 members (excludes halogenated alkanes) is 2. The molecule has 0 radical (unpaired) electrons. The Hall–Kier alpha value is -2.50. The van der Waals surface area contributed by atoms with Crippen LogP contribution in [-0.4, -0.2) is 132 Å². The molecule has 6 heterocycles. The van der Waals surface area contributed by atoms with E-state index >= 15 is 0 Å². The average Bonchev–Trinajstić information content (AvgIpc) is 4.02. The van der Waals surface area contributed by atoms with Gasteiger partial charge in [-0.1, -0.05) is 48.0 Å². The van der Waals surface area contributed by atoms with Crippen molar-refractivity contribution >= 4 is 23.8 Å². The quantitative estimate of drug-likeness (QED) is 0.108. The second kappa shape index (κ2) is 19.5. The summed E-state index contributed by atoms with van der Waals surface area (Å²) in [4.78, 5) is 50.0. The van der Waals surface area contributed by atoms with Crippen molar-refractivity contribution in [2.75, 3.05) is 27.4 Å². The molecule has 0 aromatic rings. The molecular weight excluding hydrogens is 803 g/mol. The third-order valence-corrected chi connectivity index (χ3v) is 15.6. The molecule has 0 bridgehead atoms. The molecular formula is C47H75NO14. The highest BCUT2D eigenvalue weighted by Gasteiger charge is 2.62. The van der Waals surface area contributed by atoms with Gasteiger partial charge in [0.15, 0.2) is 5.79 Å². The zero-order valence-electron chi connectivity index (χ0n) is 38.8. The van der Waals surface area contributed by atoms with Gasteiger partial charge in [0.05, 0.1) is 67.0 Å². The van der Waals surface area contributed by atoms with E-state index in [1.54, 1.807) is 14.0 Å². The van der Waals surface area contributed by atoms with Crippen molar-refractivity contribution in [2.45, 2.75) is 198 Å². The predicted molar refractivity (Wildman–Crippen MR) is 225 cm³/mol. The fourth-order valence-corrected chi connectivity index (χ4v) is 11.7. The third-order valence-electron chi connectivity index (χ3n) is 15.6. The Labute approximate surface area is 368 Å². The van der Waals surface area contributed by atoms with Crippen LogP contribution < -0.4 is 0 Å². The lowest BCUT2D eigenvalue weighted by atomic mass is 9.78. The number of amides is 2. The summed E-state index contributed by atoms with van der Waals surface area (Å²) >= 11 is 0. The van der Waals surface area contributed by atoms with Crippen molar-refractivity contribution in [3.05, 3.63) is 12.2 Å². The summed E-state index contributed by atoms with van der Waals surface area (Å²) < 4.78 is 51.0. The first-order valence-corrected chi connectivity index (χ1v) is 23.3. The maximum atomic E-state index is 12.7. The smallest absolute Gasteiger partial charge is 0.311 e. The van der Waals surface area contributed by atoms with E-state index in [9.17, 15) is 29.4 Å². The maximum Gasteiger partial charge on any atom is 0.311 e. The number of aliphatic hydroxyl groups is 2. The Morgan fingerprint density at radius 3 is 2.32 bits per heavy atom. The number of carbonyl (C=O) groups is 4. The Bertz CT molecular complexity index is 1620. The Morgan fingerprint density at radius 1 is 0.952 bits per heavy atom. The fourth-order valence-electron chi connectivity index (χ4n) is 11.7. The number of nitrogens with zero attached hydrogens (tertiary/aromatic N) is 1. The van der Waals surface area contributed by atoms with Crippen LogP contribution in [0.5, 0.6) is 0 Å². The van der Waals surface area contributed by atoms with Gasteiger partial charge in [-0.3, -0.25) is 24.1 Å². The largest absolute Gasteiger partial charge is 0.469 e. The summed E-state index contributed by atoms with van der Waals surface area (Å²) in [6.07, 6.45) is 6.98. The van der Waals surface area contributed by atoms with Crippen LogP contribution in [0.3, 0.4) is 0 Å². The van der Waals surface area contributed by atoms with E-state index in [1.807, 2.05) is 20.8 Å². The van der Waals surface area contributed by atoms with Gasteiger partial charge in [0.2, 0.25) is 5.79 Å². The summed E-state index contributed by atoms with van der Waals surface area (Å²) in [7, 11) is 2.95.